The van der Waals surface area contributed by atoms with Crippen LogP contribution in [0.25, 0.3) is 0 Å². The van der Waals surface area contributed by atoms with E-state index in [4.69, 9.17) is 11.6 Å². The summed E-state index contributed by atoms with van der Waals surface area (Å²) in [5, 5.41) is -0.891. The Morgan fingerprint density at radius 1 is 0.750 bits per heavy atom. The molecule has 0 fully saturated rings. The van der Waals surface area contributed by atoms with Gasteiger partial charge in [0.25, 0.3) is 0 Å². The van der Waals surface area contributed by atoms with Gasteiger partial charge in [0.1, 0.15) is 5.82 Å². The highest BCUT2D eigenvalue weighted by atomic mass is 35.5. The lowest BCUT2D eigenvalue weighted by Crippen LogP contribution is -2.01. The molecule has 0 bridgehead atoms. The Balaban J connectivity index is 2.49. The topological polar surface area (TPSA) is 0 Å². The van der Waals surface area contributed by atoms with Crippen LogP contribution in [0.5, 0.6) is 0 Å². The lowest BCUT2D eigenvalue weighted by Gasteiger charge is -2.13. The summed E-state index contributed by atoms with van der Waals surface area (Å²) in [6.45, 7) is 3.14. The molecule has 0 aliphatic heterocycles. The van der Waals surface area contributed by atoms with Crippen molar-refractivity contribution in [3.8, 4) is 0 Å². The van der Waals surface area contributed by atoms with Crippen LogP contribution in [0.4, 0.5) is 17.6 Å². The minimum atomic E-state index is -1.54. The largest absolute Gasteiger partial charge is 0.206 e. The fraction of sp³-hybridized carbons (Fsp3) is 0.200. The van der Waals surface area contributed by atoms with Crippen LogP contribution < -0.4 is 0 Å². The zero-order valence-electron chi connectivity index (χ0n) is 10.8. The van der Waals surface area contributed by atoms with E-state index in [9.17, 15) is 17.6 Å². The molecule has 0 heterocycles. The molecule has 0 aromatic heterocycles. The van der Waals surface area contributed by atoms with Crippen molar-refractivity contribution in [2.24, 2.45) is 0 Å². The first-order valence-electron chi connectivity index (χ1n) is 5.86. The first-order chi connectivity index (χ1) is 9.31. The van der Waals surface area contributed by atoms with Crippen LogP contribution >= 0.6 is 11.6 Å². The van der Waals surface area contributed by atoms with Crippen LogP contribution in [0.3, 0.4) is 0 Å². The van der Waals surface area contributed by atoms with Gasteiger partial charge in [0, 0.05) is 0 Å². The number of benzene rings is 2. The Labute approximate surface area is 119 Å². The number of hydrogen-bond donors (Lipinski definition) is 0. The van der Waals surface area contributed by atoms with E-state index >= 15 is 0 Å². The highest BCUT2D eigenvalue weighted by molar-refractivity contribution is 6.22. The lowest BCUT2D eigenvalue weighted by atomic mass is 9.99. The van der Waals surface area contributed by atoms with Gasteiger partial charge < -0.3 is 0 Å². The average Bonchev–Trinajstić information content (AvgIpc) is 2.40. The lowest BCUT2D eigenvalue weighted by molar-refractivity contribution is 0.445. The summed E-state index contributed by atoms with van der Waals surface area (Å²) < 4.78 is 52.9. The van der Waals surface area contributed by atoms with Crippen molar-refractivity contribution in [2.45, 2.75) is 19.2 Å². The van der Waals surface area contributed by atoms with Crippen molar-refractivity contribution in [3.05, 3.63) is 69.8 Å². The van der Waals surface area contributed by atoms with Crippen molar-refractivity contribution in [1.29, 1.82) is 0 Å². The van der Waals surface area contributed by atoms with E-state index in [1.54, 1.807) is 13.8 Å². The smallest absolute Gasteiger partial charge is 0.194 e. The molecule has 0 aliphatic carbocycles. The van der Waals surface area contributed by atoms with Gasteiger partial charge in [-0.3, -0.25) is 0 Å². The Bertz CT molecular complexity index is 563. The van der Waals surface area contributed by atoms with Crippen molar-refractivity contribution >= 4 is 11.6 Å². The number of hydrogen-bond acceptors (Lipinski definition) is 0. The third kappa shape index (κ3) is 2.66. The van der Waals surface area contributed by atoms with E-state index in [-0.39, 0.29) is 11.4 Å². The van der Waals surface area contributed by atoms with Crippen molar-refractivity contribution in [1.82, 2.24) is 0 Å². The molecule has 0 spiro atoms. The molecule has 0 aliphatic rings. The minimum Gasteiger partial charge on any atom is -0.206 e. The number of rotatable bonds is 2. The van der Waals surface area contributed by atoms with E-state index < -0.39 is 22.8 Å². The van der Waals surface area contributed by atoms with Crippen LogP contribution in [0.15, 0.2) is 24.3 Å². The van der Waals surface area contributed by atoms with Gasteiger partial charge in [-0.15, -0.1) is 11.6 Å². The Morgan fingerprint density at radius 2 is 1.15 bits per heavy atom. The van der Waals surface area contributed by atoms with E-state index in [0.29, 0.717) is 16.7 Å². The normalized spacial score (nSPS) is 12.6. The highest BCUT2D eigenvalue weighted by Crippen LogP contribution is 2.32. The van der Waals surface area contributed by atoms with Gasteiger partial charge in [0.15, 0.2) is 17.5 Å². The highest BCUT2D eigenvalue weighted by Gasteiger charge is 2.18. The maximum atomic E-state index is 13.5. The van der Waals surface area contributed by atoms with Gasteiger partial charge >= 0.3 is 0 Å². The molecule has 0 N–H and O–H groups in total. The van der Waals surface area contributed by atoms with Crippen molar-refractivity contribution in [2.75, 3.05) is 0 Å². The van der Waals surface area contributed by atoms with Crippen molar-refractivity contribution < 1.29 is 17.6 Å². The van der Waals surface area contributed by atoms with Crippen LogP contribution in [0.1, 0.15) is 27.6 Å². The summed E-state index contributed by atoms with van der Waals surface area (Å²) in [5.74, 6) is -4.50. The molecule has 0 nitrogen and oxygen atoms in total. The van der Waals surface area contributed by atoms with Gasteiger partial charge in [0.05, 0.1) is 5.38 Å². The van der Waals surface area contributed by atoms with Crippen LogP contribution in [-0.4, -0.2) is 0 Å². The second-order valence-corrected chi connectivity index (χ2v) is 5.07. The van der Waals surface area contributed by atoms with Gasteiger partial charge in [-0.1, -0.05) is 12.1 Å². The Morgan fingerprint density at radius 3 is 1.60 bits per heavy atom. The molecular weight excluding hydrogens is 292 g/mol. The summed E-state index contributed by atoms with van der Waals surface area (Å²) in [7, 11) is 0. The predicted octanol–water partition coefficient (Wildman–Crippen LogP) is 5.19. The first kappa shape index (κ1) is 14.9. The molecule has 2 aromatic rings. The Kier molecular flexibility index (Phi) is 4.04. The third-order valence-electron chi connectivity index (χ3n) is 3.05. The van der Waals surface area contributed by atoms with Crippen molar-refractivity contribution in [3.63, 3.8) is 0 Å². The maximum Gasteiger partial charge on any atom is 0.194 e. The minimum absolute atomic E-state index is 0.0773. The summed E-state index contributed by atoms with van der Waals surface area (Å²) in [4.78, 5) is 0. The molecule has 1 unspecified atom stereocenters. The summed E-state index contributed by atoms with van der Waals surface area (Å²) >= 11 is 6.15. The molecule has 20 heavy (non-hydrogen) atoms. The van der Waals surface area contributed by atoms with E-state index in [0.717, 1.165) is 12.1 Å². The monoisotopic (exact) mass is 302 g/mol. The quantitative estimate of drug-likeness (QED) is 0.407. The van der Waals surface area contributed by atoms with E-state index in [2.05, 4.69) is 0 Å². The molecule has 0 saturated carbocycles. The molecule has 2 aromatic carbocycles. The molecule has 0 radical (unpaired) electrons. The van der Waals surface area contributed by atoms with Crippen LogP contribution in [0.2, 0.25) is 0 Å². The summed E-state index contributed by atoms with van der Waals surface area (Å²) in [6, 6.07) is 4.67. The van der Waals surface area contributed by atoms with Crippen LogP contribution in [-0.2, 0) is 0 Å². The fourth-order valence-corrected chi connectivity index (χ4v) is 2.29. The summed E-state index contributed by atoms with van der Waals surface area (Å²) in [5.41, 5.74) is 1.34. The zero-order valence-corrected chi connectivity index (χ0v) is 11.5. The molecule has 1 atom stereocenters. The van der Waals surface area contributed by atoms with Gasteiger partial charge in [0.2, 0.25) is 0 Å². The number of aryl methyl sites for hydroxylation is 2. The second kappa shape index (κ2) is 5.44. The van der Waals surface area contributed by atoms with E-state index in [1.165, 1.54) is 12.1 Å². The van der Waals surface area contributed by atoms with Crippen LogP contribution in [0, 0.1) is 37.1 Å². The van der Waals surface area contributed by atoms with Gasteiger partial charge in [-0.25, -0.2) is 17.6 Å². The molecule has 0 amide bonds. The molecular formula is C15H11ClF4. The maximum absolute atomic E-state index is 13.5. The molecule has 106 valence electrons. The zero-order chi connectivity index (χ0) is 15.0. The SMILES string of the molecule is Cc1cc(C(Cl)c2cc(F)c(F)c(F)c2)cc(C)c1F. The molecule has 0 saturated heterocycles. The standard InChI is InChI=1S/C15H11ClF4/c1-7-3-9(4-8(2)14(7)19)13(16)10-5-11(17)15(20)12(18)6-10/h3-6,13H,1-2H3. The fourth-order valence-electron chi connectivity index (χ4n) is 2.04. The number of alkyl halides is 1. The van der Waals surface area contributed by atoms with Gasteiger partial charge in [-0.05, 0) is 48.2 Å². The summed E-state index contributed by atoms with van der Waals surface area (Å²) in [6.07, 6.45) is 0. The first-order valence-corrected chi connectivity index (χ1v) is 6.30. The second-order valence-electron chi connectivity index (χ2n) is 4.63. The average molecular weight is 303 g/mol. The molecule has 2 rings (SSSR count). The number of halogens is 5. The molecule has 5 heteroatoms. The predicted molar refractivity (Wildman–Crippen MR) is 69.9 cm³/mol. The van der Waals surface area contributed by atoms with E-state index in [1.807, 2.05) is 0 Å². The third-order valence-corrected chi connectivity index (χ3v) is 3.55. The Hall–Kier alpha value is -1.55. The van der Waals surface area contributed by atoms with Gasteiger partial charge in [-0.2, -0.15) is 0 Å².